The minimum atomic E-state index is -0.488. The van der Waals surface area contributed by atoms with Gasteiger partial charge >= 0.3 is 0 Å². The normalized spacial score (nSPS) is 14.4. The number of hydrogen-bond acceptors (Lipinski definition) is 8. The molecule has 216 valence electrons. The molecule has 0 unspecified atom stereocenters. The second-order valence-electron chi connectivity index (χ2n) is 8.21. The summed E-state index contributed by atoms with van der Waals surface area (Å²) in [5, 5.41) is 14.1. The van der Waals surface area contributed by atoms with Crippen LogP contribution in [-0.4, -0.2) is 62.2 Å². The number of ether oxygens (including phenoxy) is 1. The SMILES string of the molecule is C=N/C(=C\C(=N/COc1cccc(/C=C(/C)N)c1F)N1CCC(n2cncn2)CC1)Nc1ccn[nH]1.CC.CC. The quantitative estimate of drug-likeness (QED) is 0.244. The fraction of sp³-hybridized carbons (Fsp3) is 0.393. The Hall–Kier alpha value is -4.48. The number of nitrogens with two attached hydrogens (primary N) is 1. The number of halogens is 1. The van der Waals surface area contributed by atoms with Crippen molar-refractivity contribution in [1.82, 2.24) is 29.9 Å². The minimum Gasteiger partial charge on any atom is -0.468 e. The predicted octanol–water partition coefficient (Wildman–Crippen LogP) is 5.24. The van der Waals surface area contributed by atoms with E-state index in [2.05, 4.69) is 47.2 Å². The number of aromatic amines is 1. The van der Waals surface area contributed by atoms with E-state index in [0.717, 1.165) is 25.9 Å². The summed E-state index contributed by atoms with van der Waals surface area (Å²) in [4.78, 5) is 14.9. The molecule has 0 radical (unpaired) electrons. The zero-order chi connectivity index (χ0) is 29.3. The average molecular weight is 553 g/mol. The van der Waals surface area contributed by atoms with Gasteiger partial charge in [0.15, 0.2) is 18.3 Å². The number of benzene rings is 1. The van der Waals surface area contributed by atoms with E-state index in [1.807, 2.05) is 32.4 Å². The van der Waals surface area contributed by atoms with Gasteiger partial charge in [0.2, 0.25) is 0 Å². The highest BCUT2D eigenvalue weighted by Gasteiger charge is 2.23. The maximum absolute atomic E-state index is 14.8. The second kappa shape index (κ2) is 17.2. The van der Waals surface area contributed by atoms with Crippen molar-refractivity contribution in [2.75, 3.05) is 25.1 Å². The molecule has 11 nitrogen and oxygen atoms in total. The molecule has 3 heterocycles. The predicted molar refractivity (Wildman–Crippen MR) is 160 cm³/mol. The fourth-order valence-corrected chi connectivity index (χ4v) is 3.87. The highest BCUT2D eigenvalue weighted by molar-refractivity contribution is 5.94. The standard InChI is InChI=1S/C24H29FN10O.2C2H6/c1-17(26)12-18-4-3-5-20(24(18)25)36-16-29-23(13-22(27-2)32-21-6-9-30-33-21)34-10-7-19(8-11-34)35-15-28-14-31-35;2*1-2/h3-6,9,12-15,19H,2,7-8,10-11,16,26H2,1H3,(H2,30,32,33);2*1-2H3/b17-12-,22-13+,29-23+;;. The Morgan fingerprint density at radius 3 is 2.60 bits per heavy atom. The van der Waals surface area contributed by atoms with Crippen molar-refractivity contribution in [3.8, 4) is 5.75 Å². The number of nitrogens with zero attached hydrogens (tertiary/aromatic N) is 7. The number of likely N-dealkylation sites (tertiary alicyclic amines) is 1. The minimum absolute atomic E-state index is 0.0883. The summed E-state index contributed by atoms with van der Waals surface area (Å²) in [6.45, 7) is 14.7. The Kier molecular flexibility index (Phi) is 13.6. The lowest BCUT2D eigenvalue weighted by Crippen LogP contribution is -2.39. The molecule has 4 N–H and O–H groups in total. The van der Waals surface area contributed by atoms with Gasteiger partial charge in [-0.2, -0.15) is 10.2 Å². The Morgan fingerprint density at radius 1 is 1.25 bits per heavy atom. The molecule has 1 saturated heterocycles. The molecule has 12 heteroatoms. The van der Waals surface area contributed by atoms with Gasteiger partial charge in [-0.25, -0.2) is 24.0 Å². The number of H-pyrrole nitrogens is 1. The van der Waals surface area contributed by atoms with E-state index < -0.39 is 5.82 Å². The Bertz CT molecular complexity index is 1220. The molecule has 0 saturated carbocycles. The summed E-state index contributed by atoms with van der Waals surface area (Å²) in [5.74, 6) is 1.39. The van der Waals surface area contributed by atoms with Crippen LogP contribution >= 0.6 is 0 Å². The molecule has 40 heavy (non-hydrogen) atoms. The average Bonchev–Trinajstić information content (AvgIpc) is 3.71. The Labute approximate surface area is 235 Å². The van der Waals surface area contributed by atoms with E-state index in [0.29, 0.717) is 28.7 Å². The molecule has 4 rings (SSSR count). The largest absolute Gasteiger partial charge is 0.468 e. The number of hydrogen-bond donors (Lipinski definition) is 3. The molecular weight excluding hydrogens is 511 g/mol. The lowest BCUT2D eigenvalue weighted by molar-refractivity contribution is 0.250. The fourth-order valence-electron chi connectivity index (χ4n) is 3.87. The van der Waals surface area contributed by atoms with Gasteiger partial charge in [0.1, 0.15) is 30.1 Å². The van der Waals surface area contributed by atoms with Crippen LogP contribution in [0.2, 0.25) is 0 Å². The molecule has 1 aromatic carbocycles. The van der Waals surface area contributed by atoms with Gasteiger partial charge < -0.3 is 20.7 Å². The molecular formula is C28H41FN10O. The molecule has 3 aromatic rings. The van der Waals surface area contributed by atoms with E-state index in [-0.39, 0.29) is 18.5 Å². The van der Waals surface area contributed by atoms with Crippen molar-refractivity contribution in [3.63, 3.8) is 0 Å². The van der Waals surface area contributed by atoms with E-state index in [1.54, 1.807) is 62.2 Å². The number of nitrogens with one attached hydrogen (secondary N) is 2. The van der Waals surface area contributed by atoms with Crippen molar-refractivity contribution in [1.29, 1.82) is 0 Å². The summed E-state index contributed by atoms with van der Waals surface area (Å²) < 4.78 is 22.4. The van der Waals surface area contributed by atoms with E-state index >= 15 is 0 Å². The summed E-state index contributed by atoms with van der Waals surface area (Å²) in [5.41, 5.74) is 6.55. The molecule has 0 aliphatic carbocycles. The molecule has 1 aliphatic rings. The van der Waals surface area contributed by atoms with Gasteiger partial charge in [-0.15, -0.1) is 0 Å². The highest BCUT2D eigenvalue weighted by Crippen LogP contribution is 2.24. The van der Waals surface area contributed by atoms with Gasteiger partial charge in [0.25, 0.3) is 0 Å². The third-order valence-electron chi connectivity index (χ3n) is 5.62. The first-order chi connectivity index (χ1) is 19.5. The van der Waals surface area contributed by atoms with Gasteiger partial charge in [-0.05, 0) is 38.6 Å². The van der Waals surface area contributed by atoms with Crippen LogP contribution in [0.4, 0.5) is 10.2 Å². The van der Waals surface area contributed by atoms with E-state index in [9.17, 15) is 4.39 Å². The van der Waals surface area contributed by atoms with Crippen molar-refractivity contribution in [3.05, 3.63) is 72.1 Å². The highest BCUT2D eigenvalue weighted by atomic mass is 19.1. The van der Waals surface area contributed by atoms with E-state index in [1.165, 1.54) is 0 Å². The Morgan fingerprint density at radius 2 is 2.00 bits per heavy atom. The van der Waals surface area contributed by atoms with Gasteiger partial charge in [-0.1, -0.05) is 39.8 Å². The number of aromatic nitrogens is 5. The summed E-state index contributed by atoms with van der Waals surface area (Å²) in [7, 11) is 0. The monoisotopic (exact) mass is 552 g/mol. The van der Waals surface area contributed by atoms with E-state index in [4.69, 9.17) is 10.5 Å². The van der Waals surface area contributed by atoms with Crippen LogP contribution in [0, 0.1) is 5.82 Å². The maximum Gasteiger partial charge on any atom is 0.181 e. The number of allylic oxidation sites excluding steroid dienone is 1. The first-order valence-electron chi connectivity index (χ1n) is 13.5. The molecule has 0 bridgehead atoms. The molecule has 1 fully saturated rings. The molecule has 0 spiro atoms. The van der Waals surface area contributed by atoms with Crippen molar-refractivity contribution >= 4 is 24.4 Å². The van der Waals surface area contributed by atoms with Crippen LogP contribution in [0.1, 0.15) is 59.1 Å². The van der Waals surface area contributed by atoms with Crippen molar-refractivity contribution in [2.24, 2.45) is 15.7 Å². The summed E-state index contributed by atoms with van der Waals surface area (Å²) >= 11 is 0. The zero-order valence-electron chi connectivity index (χ0n) is 24.0. The van der Waals surface area contributed by atoms with Crippen LogP contribution in [0.3, 0.4) is 0 Å². The van der Waals surface area contributed by atoms with Crippen molar-refractivity contribution in [2.45, 2.75) is 53.5 Å². The molecule has 0 atom stereocenters. The maximum atomic E-state index is 14.8. The molecule has 1 aliphatic heterocycles. The topological polar surface area (TPSA) is 135 Å². The number of amidine groups is 1. The number of rotatable bonds is 9. The van der Waals surface area contributed by atoms with Crippen LogP contribution < -0.4 is 15.8 Å². The third kappa shape index (κ3) is 9.37. The zero-order valence-corrected chi connectivity index (χ0v) is 24.0. The van der Waals surface area contributed by atoms with Crippen LogP contribution in [0.15, 0.2) is 70.7 Å². The summed E-state index contributed by atoms with van der Waals surface area (Å²) in [6.07, 6.45) is 9.97. The second-order valence-corrected chi connectivity index (χ2v) is 8.21. The third-order valence-corrected chi connectivity index (χ3v) is 5.62. The Balaban J connectivity index is 0.00000134. The molecule has 2 aromatic heterocycles. The van der Waals surface area contributed by atoms with Gasteiger partial charge in [-0.3, -0.25) is 5.10 Å². The first kappa shape index (κ1) is 31.7. The first-order valence-corrected chi connectivity index (χ1v) is 13.5. The van der Waals surface area contributed by atoms with Gasteiger partial charge in [0, 0.05) is 36.5 Å². The number of piperidine rings is 1. The number of aliphatic imine (C=N–C) groups is 2. The van der Waals surface area contributed by atoms with Gasteiger partial charge in [0.05, 0.1) is 12.2 Å². The molecule has 0 amide bonds. The number of anilines is 1. The lowest BCUT2D eigenvalue weighted by atomic mass is 10.1. The van der Waals surface area contributed by atoms with Crippen LogP contribution in [-0.2, 0) is 0 Å². The van der Waals surface area contributed by atoms with Crippen molar-refractivity contribution < 1.29 is 9.13 Å². The summed E-state index contributed by atoms with van der Waals surface area (Å²) in [6, 6.07) is 6.94. The lowest BCUT2D eigenvalue weighted by Gasteiger charge is -2.33. The smallest absolute Gasteiger partial charge is 0.181 e. The van der Waals surface area contributed by atoms with Crippen LogP contribution in [0.25, 0.3) is 6.08 Å². The van der Waals surface area contributed by atoms with Crippen LogP contribution in [0.5, 0.6) is 5.75 Å².